The SMILES string of the molecule is Cc1nc(N)nc2c1/C(=N/OCCCN1CCC1)C[C@H](c1ccc(F)cc1-c1cccnc1)C2. The Hall–Kier alpha value is -3.39. The molecule has 1 atom stereocenters. The molecule has 5 rings (SSSR count). The molecule has 3 aromatic rings. The third kappa shape index (κ3) is 4.77. The number of nitrogens with zero attached hydrogens (tertiary/aromatic N) is 5. The lowest BCUT2D eigenvalue weighted by molar-refractivity contribution is 0.112. The molecule has 1 aliphatic heterocycles. The first-order valence-electron chi connectivity index (χ1n) is 11.8. The number of nitrogen functional groups attached to an aromatic ring is 1. The van der Waals surface area contributed by atoms with Crippen LogP contribution in [-0.4, -0.2) is 51.8 Å². The van der Waals surface area contributed by atoms with Crippen LogP contribution < -0.4 is 5.73 Å². The summed E-state index contributed by atoms with van der Waals surface area (Å²) in [6, 6.07) is 8.75. The van der Waals surface area contributed by atoms with E-state index in [9.17, 15) is 4.39 Å². The monoisotopic (exact) mass is 460 g/mol. The predicted molar refractivity (Wildman–Crippen MR) is 130 cm³/mol. The van der Waals surface area contributed by atoms with Gasteiger partial charge in [0.05, 0.1) is 17.1 Å². The van der Waals surface area contributed by atoms with Crippen molar-refractivity contribution < 1.29 is 9.23 Å². The molecule has 7 nitrogen and oxygen atoms in total. The number of nitrogens with two attached hydrogens (primary N) is 1. The largest absolute Gasteiger partial charge is 0.396 e. The molecule has 0 amide bonds. The number of halogens is 1. The van der Waals surface area contributed by atoms with Gasteiger partial charge in [0, 0.05) is 36.5 Å². The molecule has 1 aromatic carbocycles. The number of hydrogen-bond acceptors (Lipinski definition) is 7. The molecule has 0 bridgehead atoms. The van der Waals surface area contributed by atoms with Crippen molar-refractivity contribution in [2.24, 2.45) is 5.16 Å². The van der Waals surface area contributed by atoms with Gasteiger partial charge in [-0.05, 0) is 74.5 Å². The van der Waals surface area contributed by atoms with E-state index in [-0.39, 0.29) is 17.7 Å². The Bertz CT molecular complexity index is 1200. The van der Waals surface area contributed by atoms with Gasteiger partial charge in [0.1, 0.15) is 12.4 Å². The Morgan fingerprint density at radius 3 is 2.85 bits per heavy atom. The van der Waals surface area contributed by atoms with Crippen molar-refractivity contribution in [2.75, 3.05) is 32.0 Å². The first-order valence-corrected chi connectivity index (χ1v) is 11.8. The molecule has 34 heavy (non-hydrogen) atoms. The zero-order chi connectivity index (χ0) is 23.5. The van der Waals surface area contributed by atoms with Crippen LogP contribution in [-0.2, 0) is 11.3 Å². The summed E-state index contributed by atoms with van der Waals surface area (Å²) >= 11 is 0. The van der Waals surface area contributed by atoms with Gasteiger partial charge in [-0.3, -0.25) is 4.98 Å². The molecule has 8 heteroatoms. The van der Waals surface area contributed by atoms with Gasteiger partial charge in [0.2, 0.25) is 5.95 Å². The van der Waals surface area contributed by atoms with Gasteiger partial charge in [-0.1, -0.05) is 17.3 Å². The molecule has 1 saturated heterocycles. The average Bonchev–Trinajstić information content (AvgIpc) is 2.80. The highest BCUT2D eigenvalue weighted by molar-refractivity contribution is 6.03. The van der Waals surface area contributed by atoms with Crippen molar-refractivity contribution in [3.8, 4) is 11.1 Å². The highest BCUT2D eigenvalue weighted by Gasteiger charge is 2.30. The van der Waals surface area contributed by atoms with Crippen molar-refractivity contribution >= 4 is 11.7 Å². The molecule has 1 fully saturated rings. The number of aryl methyl sites for hydroxylation is 1. The smallest absolute Gasteiger partial charge is 0.220 e. The van der Waals surface area contributed by atoms with E-state index in [2.05, 4.69) is 25.0 Å². The van der Waals surface area contributed by atoms with Crippen molar-refractivity contribution in [1.29, 1.82) is 0 Å². The van der Waals surface area contributed by atoms with Gasteiger partial charge in [-0.15, -0.1) is 0 Å². The van der Waals surface area contributed by atoms with E-state index >= 15 is 0 Å². The van der Waals surface area contributed by atoms with E-state index in [1.807, 2.05) is 25.1 Å². The molecular formula is C26H29FN6O. The summed E-state index contributed by atoms with van der Waals surface area (Å²) in [5.74, 6) is 0.0133. The number of aromatic nitrogens is 3. The topological polar surface area (TPSA) is 89.5 Å². The standard InChI is InChI=1S/C26H29FN6O/c1-17-25-23(31-26(28)30-17)13-19(14-24(25)32-34-12-4-11-33-9-3-10-33)21-7-6-20(27)15-22(21)18-5-2-8-29-16-18/h2,5-8,15-16,19H,3-4,9-14H2,1H3,(H2,28,30,31)/b32-24+/t19-/m1/s1. The number of benzene rings is 1. The Labute approximate surface area is 198 Å². The fourth-order valence-electron chi connectivity index (χ4n) is 4.86. The molecule has 0 spiro atoms. The highest BCUT2D eigenvalue weighted by Crippen LogP contribution is 2.38. The van der Waals surface area contributed by atoms with E-state index < -0.39 is 0 Å². The molecule has 2 aliphatic rings. The maximum Gasteiger partial charge on any atom is 0.220 e. The molecule has 176 valence electrons. The van der Waals surface area contributed by atoms with E-state index in [1.54, 1.807) is 18.5 Å². The summed E-state index contributed by atoms with van der Waals surface area (Å²) < 4.78 is 14.2. The van der Waals surface area contributed by atoms with Crippen LogP contribution in [0.1, 0.15) is 47.7 Å². The molecule has 1 aliphatic carbocycles. The second-order valence-electron chi connectivity index (χ2n) is 8.99. The third-order valence-corrected chi connectivity index (χ3v) is 6.61. The first kappa shape index (κ1) is 22.4. The third-order valence-electron chi connectivity index (χ3n) is 6.61. The van der Waals surface area contributed by atoms with Gasteiger partial charge >= 0.3 is 0 Å². The maximum atomic E-state index is 14.2. The lowest BCUT2D eigenvalue weighted by atomic mass is 9.78. The van der Waals surface area contributed by atoms with Crippen LogP contribution >= 0.6 is 0 Å². The summed E-state index contributed by atoms with van der Waals surface area (Å²) in [6.07, 6.45) is 7.00. The van der Waals surface area contributed by atoms with Crippen molar-refractivity contribution in [2.45, 2.75) is 38.5 Å². The number of fused-ring (bicyclic) bond motifs is 1. The maximum absolute atomic E-state index is 14.2. The minimum atomic E-state index is -0.277. The van der Waals surface area contributed by atoms with E-state index in [0.29, 0.717) is 19.4 Å². The second kappa shape index (κ2) is 9.85. The summed E-state index contributed by atoms with van der Waals surface area (Å²) in [5, 5.41) is 4.54. The zero-order valence-electron chi connectivity index (χ0n) is 19.4. The Balaban J connectivity index is 1.45. The number of likely N-dealkylation sites (tertiary alicyclic amines) is 1. The normalized spacial score (nSPS) is 19.0. The zero-order valence-corrected chi connectivity index (χ0v) is 19.4. The fraction of sp³-hybridized carbons (Fsp3) is 0.385. The van der Waals surface area contributed by atoms with Gasteiger partial charge in [-0.25, -0.2) is 14.4 Å². The molecule has 2 aromatic heterocycles. The second-order valence-corrected chi connectivity index (χ2v) is 8.99. The quantitative estimate of drug-likeness (QED) is 0.422. The van der Waals surface area contributed by atoms with E-state index in [0.717, 1.165) is 52.3 Å². The Kier molecular flexibility index (Phi) is 6.49. The van der Waals surface area contributed by atoms with Crippen molar-refractivity contribution in [3.63, 3.8) is 0 Å². The van der Waals surface area contributed by atoms with Crippen LogP contribution in [0.25, 0.3) is 11.1 Å². The minimum absolute atomic E-state index is 0.0421. The molecular weight excluding hydrogens is 431 g/mol. The van der Waals surface area contributed by atoms with Crippen LogP contribution in [0, 0.1) is 12.7 Å². The Morgan fingerprint density at radius 1 is 1.21 bits per heavy atom. The van der Waals surface area contributed by atoms with Crippen LogP contribution in [0.2, 0.25) is 0 Å². The number of pyridine rings is 1. The van der Waals surface area contributed by atoms with Crippen molar-refractivity contribution in [3.05, 3.63) is 71.1 Å². The number of oxime groups is 1. The molecule has 3 heterocycles. The van der Waals surface area contributed by atoms with Crippen LogP contribution in [0.15, 0.2) is 47.9 Å². The molecule has 2 N–H and O–H groups in total. The predicted octanol–water partition coefficient (Wildman–Crippen LogP) is 4.11. The number of anilines is 1. The Morgan fingerprint density at radius 2 is 2.09 bits per heavy atom. The average molecular weight is 461 g/mol. The lowest BCUT2D eigenvalue weighted by Crippen LogP contribution is -2.37. The van der Waals surface area contributed by atoms with Crippen LogP contribution in [0.4, 0.5) is 10.3 Å². The van der Waals surface area contributed by atoms with Crippen LogP contribution in [0.3, 0.4) is 0 Å². The number of hydrogen-bond donors (Lipinski definition) is 1. The van der Waals surface area contributed by atoms with Gasteiger partial charge in [0.25, 0.3) is 0 Å². The first-order chi connectivity index (χ1) is 16.6. The van der Waals surface area contributed by atoms with Gasteiger partial charge in [0.15, 0.2) is 0 Å². The van der Waals surface area contributed by atoms with Crippen LogP contribution in [0.5, 0.6) is 0 Å². The highest BCUT2D eigenvalue weighted by atomic mass is 19.1. The summed E-state index contributed by atoms with van der Waals surface area (Å²) in [6.45, 7) is 5.88. The fourth-order valence-corrected chi connectivity index (χ4v) is 4.86. The van der Waals surface area contributed by atoms with E-state index in [4.69, 9.17) is 10.6 Å². The van der Waals surface area contributed by atoms with E-state index in [1.165, 1.54) is 25.6 Å². The molecule has 0 unspecified atom stereocenters. The summed E-state index contributed by atoms with van der Waals surface area (Å²) in [5.41, 5.74) is 12.1. The summed E-state index contributed by atoms with van der Waals surface area (Å²) in [4.78, 5) is 21.3. The van der Waals surface area contributed by atoms with Gasteiger partial charge in [-0.2, -0.15) is 0 Å². The lowest BCUT2D eigenvalue weighted by Gasteiger charge is -2.30. The molecule has 0 saturated carbocycles. The molecule has 0 radical (unpaired) electrons. The van der Waals surface area contributed by atoms with Gasteiger partial charge < -0.3 is 15.5 Å². The van der Waals surface area contributed by atoms with Crippen molar-refractivity contribution in [1.82, 2.24) is 19.9 Å². The minimum Gasteiger partial charge on any atom is -0.396 e. The number of rotatable bonds is 7. The summed E-state index contributed by atoms with van der Waals surface area (Å²) in [7, 11) is 0.